The summed E-state index contributed by atoms with van der Waals surface area (Å²) in [6, 6.07) is 13.4. The smallest absolute Gasteiger partial charge is 0.253 e. The maximum Gasteiger partial charge on any atom is 0.253 e. The Morgan fingerprint density at radius 1 is 1.25 bits per heavy atom. The minimum Gasteiger partial charge on any atom is -0.379 e. The summed E-state index contributed by atoms with van der Waals surface area (Å²) in [6.07, 6.45) is 2.92. The van der Waals surface area contributed by atoms with Gasteiger partial charge in [-0.3, -0.25) is 9.78 Å². The van der Waals surface area contributed by atoms with Gasteiger partial charge in [0.15, 0.2) is 0 Å². The lowest BCUT2D eigenvalue weighted by molar-refractivity contribution is 0.0948. The first kappa shape index (κ1) is 16.5. The number of pyridine rings is 1. The van der Waals surface area contributed by atoms with Crippen molar-refractivity contribution in [3.8, 4) is 0 Å². The molecule has 126 valence electrons. The van der Waals surface area contributed by atoms with Gasteiger partial charge in [0.1, 0.15) is 0 Å². The number of carbonyl (C=O) groups excluding carboxylic acids is 1. The standard InChI is InChI=1S/C19H24N4O/c1-23-11-9-15(14-23)12-22-19(24)17-7-2-3-8-18(17)21-13-16-6-4-5-10-20-16/h2-8,10,15,21H,9,11-14H2,1H3,(H,22,24)/t15-/m1/s1. The van der Waals surface area contributed by atoms with Gasteiger partial charge in [0, 0.05) is 25.0 Å². The molecule has 1 aliphatic heterocycles. The molecule has 2 N–H and O–H groups in total. The SMILES string of the molecule is CN1CC[C@H](CNC(=O)c2ccccc2NCc2ccccn2)C1. The summed E-state index contributed by atoms with van der Waals surface area (Å²) in [7, 11) is 2.12. The molecule has 1 fully saturated rings. The lowest BCUT2D eigenvalue weighted by Crippen LogP contribution is -2.31. The Morgan fingerprint density at radius 3 is 2.83 bits per heavy atom. The van der Waals surface area contributed by atoms with Crippen LogP contribution in [0.15, 0.2) is 48.7 Å². The Morgan fingerprint density at radius 2 is 2.08 bits per heavy atom. The molecule has 2 aromatic rings. The Hall–Kier alpha value is -2.40. The van der Waals surface area contributed by atoms with Crippen molar-refractivity contribution in [2.75, 3.05) is 32.0 Å². The van der Waals surface area contributed by atoms with Crippen LogP contribution in [-0.2, 0) is 6.54 Å². The van der Waals surface area contributed by atoms with Crippen molar-refractivity contribution in [1.29, 1.82) is 0 Å². The number of hydrogen-bond acceptors (Lipinski definition) is 4. The molecule has 1 amide bonds. The molecule has 0 radical (unpaired) electrons. The van der Waals surface area contributed by atoms with Crippen molar-refractivity contribution < 1.29 is 4.79 Å². The van der Waals surface area contributed by atoms with Gasteiger partial charge in [0.25, 0.3) is 5.91 Å². The molecule has 0 unspecified atom stereocenters. The van der Waals surface area contributed by atoms with Gasteiger partial charge >= 0.3 is 0 Å². The first-order valence-electron chi connectivity index (χ1n) is 8.42. The highest BCUT2D eigenvalue weighted by atomic mass is 16.1. The molecule has 1 aromatic carbocycles. The molecular weight excluding hydrogens is 300 g/mol. The van der Waals surface area contributed by atoms with Crippen molar-refractivity contribution in [2.24, 2.45) is 5.92 Å². The maximum atomic E-state index is 12.5. The summed E-state index contributed by atoms with van der Waals surface area (Å²) < 4.78 is 0. The van der Waals surface area contributed by atoms with Crippen LogP contribution in [0, 0.1) is 5.92 Å². The number of nitrogens with zero attached hydrogens (tertiary/aromatic N) is 2. The second-order valence-electron chi connectivity index (χ2n) is 6.35. The number of hydrogen-bond donors (Lipinski definition) is 2. The molecule has 0 bridgehead atoms. The number of carbonyl (C=O) groups is 1. The third-order valence-electron chi connectivity index (χ3n) is 4.40. The highest BCUT2D eigenvalue weighted by molar-refractivity contribution is 5.99. The van der Waals surface area contributed by atoms with Crippen LogP contribution in [0.4, 0.5) is 5.69 Å². The van der Waals surface area contributed by atoms with Crippen LogP contribution in [0.25, 0.3) is 0 Å². The van der Waals surface area contributed by atoms with Crippen LogP contribution in [0.2, 0.25) is 0 Å². The van der Waals surface area contributed by atoms with Gasteiger partial charge in [-0.1, -0.05) is 18.2 Å². The number of likely N-dealkylation sites (tertiary alicyclic amines) is 1. The average Bonchev–Trinajstić information content (AvgIpc) is 3.04. The highest BCUT2D eigenvalue weighted by Crippen LogP contribution is 2.17. The fourth-order valence-corrected chi connectivity index (χ4v) is 3.05. The van der Waals surface area contributed by atoms with Crippen molar-refractivity contribution >= 4 is 11.6 Å². The van der Waals surface area contributed by atoms with E-state index in [1.54, 1.807) is 6.20 Å². The van der Waals surface area contributed by atoms with Gasteiger partial charge in [-0.15, -0.1) is 0 Å². The van der Waals surface area contributed by atoms with Crippen LogP contribution in [0.3, 0.4) is 0 Å². The first-order valence-corrected chi connectivity index (χ1v) is 8.42. The molecule has 0 saturated carbocycles. The van der Waals surface area contributed by atoms with Gasteiger partial charge in [0.05, 0.1) is 17.8 Å². The normalized spacial score (nSPS) is 17.6. The summed E-state index contributed by atoms with van der Waals surface area (Å²) in [4.78, 5) is 19.1. The minimum absolute atomic E-state index is 0.0197. The third kappa shape index (κ3) is 4.32. The van der Waals surface area contributed by atoms with Gasteiger partial charge in [-0.05, 0) is 50.2 Å². The van der Waals surface area contributed by atoms with Gasteiger partial charge in [-0.25, -0.2) is 0 Å². The lowest BCUT2D eigenvalue weighted by Gasteiger charge is -2.14. The number of rotatable bonds is 6. The van der Waals surface area contributed by atoms with E-state index >= 15 is 0 Å². The van der Waals surface area contributed by atoms with Gasteiger partial charge in [-0.2, -0.15) is 0 Å². The van der Waals surface area contributed by atoms with Crippen molar-refractivity contribution in [3.63, 3.8) is 0 Å². The van der Waals surface area contributed by atoms with E-state index in [9.17, 15) is 4.79 Å². The summed E-state index contributed by atoms with van der Waals surface area (Å²) in [6.45, 7) is 3.50. The number of nitrogens with one attached hydrogen (secondary N) is 2. The quantitative estimate of drug-likeness (QED) is 0.856. The summed E-state index contributed by atoms with van der Waals surface area (Å²) in [5.41, 5.74) is 2.46. The number of para-hydroxylation sites is 1. The molecule has 3 rings (SSSR count). The zero-order valence-electron chi connectivity index (χ0n) is 14.0. The van der Waals surface area contributed by atoms with E-state index in [1.807, 2.05) is 42.5 Å². The largest absolute Gasteiger partial charge is 0.379 e. The minimum atomic E-state index is -0.0197. The van der Waals surface area contributed by atoms with E-state index in [0.717, 1.165) is 37.4 Å². The van der Waals surface area contributed by atoms with E-state index in [0.29, 0.717) is 18.0 Å². The Balaban J connectivity index is 1.59. The summed E-state index contributed by atoms with van der Waals surface area (Å²) in [5.74, 6) is 0.529. The van der Waals surface area contributed by atoms with Crippen LogP contribution in [0.1, 0.15) is 22.5 Å². The maximum absolute atomic E-state index is 12.5. The average molecular weight is 324 g/mol. The predicted octanol–water partition coefficient (Wildman–Crippen LogP) is 2.38. The van der Waals surface area contributed by atoms with E-state index in [1.165, 1.54) is 0 Å². The van der Waals surface area contributed by atoms with Crippen LogP contribution < -0.4 is 10.6 Å². The Labute approximate surface area is 143 Å². The molecule has 1 atom stereocenters. The molecule has 0 aliphatic carbocycles. The topological polar surface area (TPSA) is 57.3 Å². The molecule has 1 aliphatic rings. The second kappa shape index (κ2) is 7.93. The number of aromatic nitrogens is 1. The van der Waals surface area contributed by atoms with E-state index in [4.69, 9.17) is 0 Å². The number of anilines is 1. The third-order valence-corrected chi connectivity index (χ3v) is 4.40. The molecule has 24 heavy (non-hydrogen) atoms. The van der Waals surface area contributed by atoms with E-state index in [-0.39, 0.29) is 5.91 Å². The van der Waals surface area contributed by atoms with Crippen LogP contribution >= 0.6 is 0 Å². The molecular formula is C19H24N4O. The highest BCUT2D eigenvalue weighted by Gasteiger charge is 2.20. The van der Waals surface area contributed by atoms with Crippen LogP contribution in [0.5, 0.6) is 0 Å². The molecule has 5 nitrogen and oxygen atoms in total. The van der Waals surface area contributed by atoms with Crippen molar-refractivity contribution in [3.05, 3.63) is 59.9 Å². The molecule has 2 heterocycles. The Bertz CT molecular complexity index is 674. The molecule has 0 spiro atoms. The lowest BCUT2D eigenvalue weighted by atomic mass is 10.1. The number of benzene rings is 1. The van der Waals surface area contributed by atoms with E-state index < -0.39 is 0 Å². The van der Waals surface area contributed by atoms with Gasteiger partial charge < -0.3 is 15.5 Å². The fourth-order valence-electron chi connectivity index (χ4n) is 3.05. The first-order chi connectivity index (χ1) is 11.7. The van der Waals surface area contributed by atoms with Crippen molar-refractivity contribution in [2.45, 2.75) is 13.0 Å². The zero-order valence-corrected chi connectivity index (χ0v) is 14.0. The van der Waals surface area contributed by atoms with Crippen LogP contribution in [-0.4, -0.2) is 42.5 Å². The van der Waals surface area contributed by atoms with Gasteiger partial charge in [0.2, 0.25) is 0 Å². The second-order valence-corrected chi connectivity index (χ2v) is 6.35. The van der Waals surface area contributed by atoms with Crippen molar-refractivity contribution in [1.82, 2.24) is 15.2 Å². The summed E-state index contributed by atoms with van der Waals surface area (Å²) in [5, 5.41) is 6.39. The molecule has 5 heteroatoms. The Kier molecular flexibility index (Phi) is 5.43. The molecule has 1 saturated heterocycles. The monoisotopic (exact) mass is 324 g/mol. The number of amides is 1. The van der Waals surface area contributed by atoms with E-state index in [2.05, 4.69) is 27.6 Å². The predicted molar refractivity (Wildman–Crippen MR) is 95.9 cm³/mol. The zero-order chi connectivity index (χ0) is 16.8. The molecule has 1 aromatic heterocycles. The fraction of sp³-hybridized carbons (Fsp3) is 0.368. The summed E-state index contributed by atoms with van der Waals surface area (Å²) >= 11 is 0.